The Morgan fingerprint density at radius 1 is 1.26 bits per heavy atom. The monoisotopic (exact) mass is 297 g/mol. The Morgan fingerprint density at radius 2 is 2.05 bits per heavy atom. The summed E-state index contributed by atoms with van der Waals surface area (Å²) in [6.07, 6.45) is 1.84. The van der Waals surface area contributed by atoms with Crippen molar-refractivity contribution in [2.24, 2.45) is 5.92 Å². The van der Waals surface area contributed by atoms with Gasteiger partial charge in [0, 0.05) is 17.7 Å². The summed E-state index contributed by atoms with van der Waals surface area (Å²) in [5, 5.41) is 11.6. The highest BCUT2D eigenvalue weighted by Crippen LogP contribution is 2.29. The molecule has 3 nitrogen and oxygen atoms in total. The SMILES string of the molecule is CC(C)CNCc1cn[nH]c1-c1ccc(Cl)c(Cl)c1. The minimum atomic E-state index is 0.551. The van der Waals surface area contributed by atoms with E-state index in [0.29, 0.717) is 16.0 Å². The smallest absolute Gasteiger partial charge is 0.0695 e. The largest absolute Gasteiger partial charge is 0.312 e. The number of nitrogens with one attached hydrogen (secondary N) is 2. The summed E-state index contributed by atoms with van der Waals surface area (Å²) in [7, 11) is 0. The molecule has 0 unspecified atom stereocenters. The molecule has 19 heavy (non-hydrogen) atoms. The van der Waals surface area contributed by atoms with Gasteiger partial charge in [0.2, 0.25) is 0 Å². The fraction of sp³-hybridized carbons (Fsp3) is 0.357. The molecule has 2 rings (SSSR count). The van der Waals surface area contributed by atoms with Crippen molar-refractivity contribution in [2.75, 3.05) is 6.54 Å². The van der Waals surface area contributed by atoms with Crippen LogP contribution >= 0.6 is 23.2 Å². The molecule has 2 N–H and O–H groups in total. The third-order valence-corrected chi connectivity index (χ3v) is 3.53. The lowest BCUT2D eigenvalue weighted by Gasteiger charge is -2.08. The normalized spacial score (nSPS) is 11.2. The van der Waals surface area contributed by atoms with Gasteiger partial charge in [-0.1, -0.05) is 43.1 Å². The number of hydrogen-bond donors (Lipinski definition) is 2. The number of nitrogens with zero attached hydrogens (tertiary/aromatic N) is 1. The van der Waals surface area contributed by atoms with Crippen LogP contribution in [0.3, 0.4) is 0 Å². The van der Waals surface area contributed by atoms with Gasteiger partial charge in [0.05, 0.1) is 21.9 Å². The average Bonchev–Trinajstić information content (AvgIpc) is 2.80. The zero-order valence-electron chi connectivity index (χ0n) is 11.0. The molecular formula is C14H17Cl2N3. The summed E-state index contributed by atoms with van der Waals surface area (Å²) >= 11 is 12.0. The number of benzene rings is 1. The molecule has 5 heteroatoms. The Morgan fingerprint density at radius 3 is 2.74 bits per heavy atom. The van der Waals surface area contributed by atoms with Crippen LogP contribution in [0.15, 0.2) is 24.4 Å². The molecule has 102 valence electrons. The van der Waals surface area contributed by atoms with Crippen molar-refractivity contribution < 1.29 is 0 Å². The zero-order valence-corrected chi connectivity index (χ0v) is 12.5. The standard InChI is InChI=1S/C14H17Cl2N3/c1-9(2)6-17-7-11-8-18-19-14(11)10-3-4-12(15)13(16)5-10/h3-5,8-9,17H,6-7H2,1-2H3,(H,18,19). The Balaban J connectivity index is 2.16. The minimum absolute atomic E-state index is 0.551. The van der Waals surface area contributed by atoms with Gasteiger partial charge in [0.25, 0.3) is 0 Å². The number of hydrogen-bond acceptors (Lipinski definition) is 2. The molecule has 0 aliphatic carbocycles. The fourth-order valence-electron chi connectivity index (χ4n) is 1.84. The van der Waals surface area contributed by atoms with Gasteiger partial charge >= 0.3 is 0 Å². The van der Waals surface area contributed by atoms with Crippen LogP contribution in [0, 0.1) is 5.92 Å². The van der Waals surface area contributed by atoms with Gasteiger partial charge in [-0.05, 0) is 24.6 Å². The van der Waals surface area contributed by atoms with Crippen LogP contribution in [-0.2, 0) is 6.54 Å². The van der Waals surface area contributed by atoms with Crippen LogP contribution in [0.5, 0.6) is 0 Å². The van der Waals surface area contributed by atoms with Crippen molar-refractivity contribution in [3.63, 3.8) is 0 Å². The van der Waals surface area contributed by atoms with Gasteiger partial charge in [-0.15, -0.1) is 0 Å². The predicted octanol–water partition coefficient (Wildman–Crippen LogP) is 4.13. The van der Waals surface area contributed by atoms with Gasteiger partial charge in [-0.2, -0.15) is 5.10 Å². The first kappa shape index (κ1) is 14.4. The van der Waals surface area contributed by atoms with Crippen LogP contribution in [0.1, 0.15) is 19.4 Å². The Kier molecular flexibility index (Phi) is 4.86. The van der Waals surface area contributed by atoms with Crippen molar-refractivity contribution in [2.45, 2.75) is 20.4 Å². The van der Waals surface area contributed by atoms with E-state index in [1.807, 2.05) is 18.3 Å². The molecule has 0 atom stereocenters. The molecule has 1 aromatic heterocycles. The van der Waals surface area contributed by atoms with Gasteiger partial charge in [-0.25, -0.2) is 0 Å². The molecule has 0 fully saturated rings. The van der Waals surface area contributed by atoms with Crippen LogP contribution in [0.25, 0.3) is 11.3 Å². The number of aromatic nitrogens is 2. The van der Waals surface area contributed by atoms with Crippen molar-refractivity contribution >= 4 is 23.2 Å². The predicted molar refractivity (Wildman–Crippen MR) is 80.6 cm³/mol. The third kappa shape index (κ3) is 3.72. The van der Waals surface area contributed by atoms with Crippen LogP contribution in [0.4, 0.5) is 0 Å². The van der Waals surface area contributed by atoms with Crippen LogP contribution in [-0.4, -0.2) is 16.7 Å². The topological polar surface area (TPSA) is 40.7 Å². The van der Waals surface area contributed by atoms with E-state index in [9.17, 15) is 0 Å². The second kappa shape index (κ2) is 6.42. The van der Waals surface area contributed by atoms with Gasteiger partial charge in [0.15, 0.2) is 0 Å². The summed E-state index contributed by atoms with van der Waals surface area (Å²) in [5.41, 5.74) is 3.10. The maximum Gasteiger partial charge on any atom is 0.0695 e. The molecular weight excluding hydrogens is 281 g/mol. The summed E-state index contributed by atoms with van der Waals surface area (Å²) in [4.78, 5) is 0. The zero-order chi connectivity index (χ0) is 13.8. The number of aromatic amines is 1. The molecule has 0 aliphatic heterocycles. The molecule has 0 aliphatic rings. The summed E-state index contributed by atoms with van der Waals surface area (Å²) in [6.45, 7) is 6.13. The highest BCUT2D eigenvalue weighted by molar-refractivity contribution is 6.42. The van der Waals surface area contributed by atoms with E-state index in [4.69, 9.17) is 23.2 Å². The molecule has 2 aromatic rings. The molecule has 0 saturated heterocycles. The van der Waals surface area contributed by atoms with E-state index in [0.717, 1.165) is 29.9 Å². The van der Waals surface area contributed by atoms with Crippen molar-refractivity contribution in [3.8, 4) is 11.3 Å². The summed E-state index contributed by atoms with van der Waals surface area (Å²) in [6, 6.07) is 5.59. The van der Waals surface area contributed by atoms with E-state index < -0.39 is 0 Å². The molecule has 0 amide bonds. The van der Waals surface area contributed by atoms with Gasteiger partial charge < -0.3 is 5.32 Å². The number of rotatable bonds is 5. The van der Waals surface area contributed by atoms with Gasteiger partial charge in [-0.3, -0.25) is 5.10 Å². The fourth-order valence-corrected chi connectivity index (χ4v) is 2.14. The second-order valence-electron chi connectivity index (χ2n) is 4.92. The lowest BCUT2D eigenvalue weighted by molar-refractivity contribution is 0.553. The van der Waals surface area contributed by atoms with Crippen molar-refractivity contribution in [3.05, 3.63) is 40.0 Å². The summed E-state index contributed by atoms with van der Waals surface area (Å²) < 4.78 is 0. The number of H-pyrrole nitrogens is 1. The van der Waals surface area contributed by atoms with Crippen molar-refractivity contribution in [1.29, 1.82) is 0 Å². The highest BCUT2D eigenvalue weighted by Gasteiger charge is 2.09. The molecule has 0 bridgehead atoms. The molecule has 1 heterocycles. The molecule has 1 aromatic carbocycles. The second-order valence-corrected chi connectivity index (χ2v) is 5.74. The van der Waals surface area contributed by atoms with E-state index in [2.05, 4.69) is 29.4 Å². The Labute approximate surface area is 123 Å². The maximum atomic E-state index is 6.05. The Hall–Kier alpha value is -1.03. The number of halogens is 2. The lowest BCUT2D eigenvalue weighted by Crippen LogP contribution is -2.19. The van der Waals surface area contributed by atoms with E-state index in [1.54, 1.807) is 6.07 Å². The van der Waals surface area contributed by atoms with E-state index in [-0.39, 0.29) is 0 Å². The minimum Gasteiger partial charge on any atom is -0.312 e. The van der Waals surface area contributed by atoms with Gasteiger partial charge in [0.1, 0.15) is 0 Å². The first-order valence-electron chi connectivity index (χ1n) is 6.26. The molecule has 0 saturated carbocycles. The first-order valence-corrected chi connectivity index (χ1v) is 7.02. The third-order valence-electron chi connectivity index (χ3n) is 2.79. The van der Waals surface area contributed by atoms with Crippen LogP contribution < -0.4 is 5.32 Å². The Bertz CT molecular complexity index is 549. The van der Waals surface area contributed by atoms with Crippen molar-refractivity contribution in [1.82, 2.24) is 15.5 Å². The summed E-state index contributed by atoms with van der Waals surface area (Å²) in [5.74, 6) is 0.625. The quantitative estimate of drug-likeness (QED) is 0.871. The maximum absolute atomic E-state index is 6.05. The lowest BCUT2D eigenvalue weighted by atomic mass is 10.1. The van der Waals surface area contributed by atoms with E-state index in [1.165, 1.54) is 0 Å². The van der Waals surface area contributed by atoms with Crippen LogP contribution in [0.2, 0.25) is 10.0 Å². The average molecular weight is 298 g/mol. The molecule has 0 spiro atoms. The first-order chi connectivity index (χ1) is 9.08. The molecule has 0 radical (unpaired) electrons. The van der Waals surface area contributed by atoms with E-state index >= 15 is 0 Å². The highest BCUT2D eigenvalue weighted by atomic mass is 35.5.